The first-order valence-corrected chi connectivity index (χ1v) is 10.0. The number of allylic oxidation sites excluding steroid dienone is 1. The Morgan fingerprint density at radius 3 is 2.82 bits per heavy atom. The molecule has 2 N–H and O–H groups in total. The molecule has 6 heteroatoms. The number of nitrogens with one attached hydrogen (secondary N) is 2. The molecule has 0 bridgehead atoms. The fraction of sp³-hybridized carbons (Fsp3) is 0.455. The summed E-state index contributed by atoms with van der Waals surface area (Å²) >= 11 is 0. The molecule has 2 aliphatic rings. The minimum atomic E-state index is 0.706. The lowest BCUT2D eigenvalue weighted by atomic mass is 9.95. The maximum absolute atomic E-state index is 6.02. The van der Waals surface area contributed by atoms with E-state index in [1.165, 1.54) is 11.1 Å². The summed E-state index contributed by atoms with van der Waals surface area (Å²) in [5, 5.41) is 6.66. The van der Waals surface area contributed by atoms with Crippen molar-refractivity contribution < 1.29 is 4.74 Å². The third kappa shape index (κ3) is 3.69. The highest BCUT2D eigenvalue weighted by Gasteiger charge is 2.25. The highest BCUT2D eigenvalue weighted by Crippen LogP contribution is 2.41. The molecule has 0 unspecified atom stereocenters. The van der Waals surface area contributed by atoms with E-state index in [0.717, 1.165) is 72.4 Å². The molecule has 0 aliphatic carbocycles. The van der Waals surface area contributed by atoms with Gasteiger partial charge in [-0.15, -0.1) is 0 Å². The van der Waals surface area contributed by atoms with Gasteiger partial charge in [0.1, 0.15) is 17.4 Å². The minimum absolute atomic E-state index is 0.706. The first-order valence-electron chi connectivity index (χ1n) is 10.0. The average molecular weight is 380 g/mol. The zero-order valence-corrected chi connectivity index (χ0v) is 17.2. The molecule has 28 heavy (non-hydrogen) atoms. The lowest BCUT2D eigenvalue weighted by Crippen LogP contribution is -2.17. The Kier molecular flexibility index (Phi) is 5.22. The highest BCUT2D eigenvalue weighted by atomic mass is 16.5. The van der Waals surface area contributed by atoms with Gasteiger partial charge in [-0.3, -0.25) is 0 Å². The van der Waals surface area contributed by atoms with Gasteiger partial charge in [0.25, 0.3) is 0 Å². The zero-order chi connectivity index (χ0) is 19.7. The van der Waals surface area contributed by atoms with E-state index >= 15 is 0 Å². The van der Waals surface area contributed by atoms with Crippen LogP contribution in [0.25, 0.3) is 5.57 Å². The van der Waals surface area contributed by atoms with E-state index in [4.69, 9.17) is 9.72 Å². The Morgan fingerprint density at radius 2 is 2.00 bits per heavy atom. The van der Waals surface area contributed by atoms with Crippen molar-refractivity contribution in [1.82, 2.24) is 14.9 Å². The summed E-state index contributed by atoms with van der Waals surface area (Å²) in [5.74, 6) is 2.66. The highest BCUT2D eigenvalue weighted by molar-refractivity contribution is 5.79. The van der Waals surface area contributed by atoms with Gasteiger partial charge in [0, 0.05) is 48.6 Å². The lowest BCUT2D eigenvalue weighted by Gasteiger charge is -2.18. The molecule has 0 aromatic carbocycles. The number of likely N-dealkylation sites (N-methyl/N-ethyl adjacent to an activating group) is 1. The standard InChI is InChI=1S/C22H29N5O/c1-14-12-17(23-3)13-19(24-14)26-22-15(2)20(21-18(25-22)8-11-28-21)16-6-5-9-27(4)10-7-16/h7,12-13H,5-6,8-11H2,1-4H3,(H2,23,24,25,26). The number of ether oxygens (including phenoxy) is 1. The molecular formula is C22H29N5O. The van der Waals surface area contributed by atoms with Gasteiger partial charge in [-0.1, -0.05) is 6.08 Å². The summed E-state index contributed by atoms with van der Waals surface area (Å²) in [4.78, 5) is 11.9. The van der Waals surface area contributed by atoms with Crippen molar-refractivity contribution in [3.8, 4) is 5.75 Å². The molecule has 0 saturated heterocycles. The molecule has 2 aromatic rings. The predicted octanol–water partition coefficient (Wildman–Crippen LogP) is 3.92. The first kappa shape index (κ1) is 18.7. The molecule has 0 amide bonds. The summed E-state index contributed by atoms with van der Waals surface area (Å²) < 4.78 is 6.02. The van der Waals surface area contributed by atoms with Gasteiger partial charge in [-0.25, -0.2) is 9.97 Å². The van der Waals surface area contributed by atoms with E-state index in [2.05, 4.69) is 40.6 Å². The van der Waals surface area contributed by atoms with E-state index in [0.29, 0.717) is 6.61 Å². The molecule has 0 atom stereocenters. The number of anilines is 3. The molecule has 148 valence electrons. The van der Waals surface area contributed by atoms with Gasteiger partial charge in [-0.2, -0.15) is 0 Å². The summed E-state index contributed by atoms with van der Waals surface area (Å²) in [6.45, 7) is 6.94. The summed E-state index contributed by atoms with van der Waals surface area (Å²) in [5.41, 5.74) is 6.77. The van der Waals surface area contributed by atoms with E-state index in [-0.39, 0.29) is 0 Å². The van der Waals surface area contributed by atoms with Gasteiger partial charge < -0.3 is 20.3 Å². The SMILES string of the molecule is CNc1cc(C)nc(Nc2nc3c(c(C4=CCN(C)CCC4)c2C)OCC3)c1. The third-order valence-corrected chi connectivity index (χ3v) is 5.50. The Bertz CT molecular complexity index is 922. The van der Waals surface area contributed by atoms with Crippen molar-refractivity contribution in [2.24, 2.45) is 0 Å². The van der Waals surface area contributed by atoms with Crippen molar-refractivity contribution in [2.45, 2.75) is 33.1 Å². The minimum Gasteiger partial charge on any atom is -0.491 e. The van der Waals surface area contributed by atoms with E-state index in [9.17, 15) is 0 Å². The van der Waals surface area contributed by atoms with Gasteiger partial charge in [0.15, 0.2) is 0 Å². The Labute approximate surface area is 167 Å². The first-order chi connectivity index (χ1) is 13.5. The van der Waals surface area contributed by atoms with Gasteiger partial charge in [0.05, 0.1) is 12.3 Å². The van der Waals surface area contributed by atoms with E-state index in [1.807, 2.05) is 26.1 Å². The smallest absolute Gasteiger partial charge is 0.148 e. The van der Waals surface area contributed by atoms with Crippen LogP contribution in [0.1, 0.15) is 35.4 Å². The van der Waals surface area contributed by atoms with Crippen LogP contribution in [0.4, 0.5) is 17.3 Å². The van der Waals surface area contributed by atoms with Crippen molar-refractivity contribution in [1.29, 1.82) is 0 Å². The van der Waals surface area contributed by atoms with Crippen LogP contribution in [0.5, 0.6) is 5.75 Å². The molecule has 0 radical (unpaired) electrons. The summed E-state index contributed by atoms with van der Waals surface area (Å²) in [6.07, 6.45) is 5.43. The van der Waals surface area contributed by atoms with Crippen LogP contribution in [0.3, 0.4) is 0 Å². The van der Waals surface area contributed by atoms with Crippen LogP contribution < -0.4 is 15.4 Å². The number of rotatable bonds is 4. The quantitative estimate of drug-likeness (QED) is 0.839. The largest absolute Gasteiger partial charge is 0.491 e. The van der Waals surface area contributed by atoms with E-state index in [1.54, 1.807) is 0 Å². The topological polar surface area (TPSA) is 62.3 Å². The number of hydrogen-bond donors (Lipinski definition) is 2. The zero-order valence-electron chi connectivity index (χ0n) is 17.2. The number of pyridine rings is 2. The molecular weight excluding hydrogens is 350 g/mol. The molecule has 4 heterocycles. The van der Waals surface area contributed by atoms with Gasteiger partial charge in [-0.05, 0) is 51.9 Å². The lowest BCUT2D eigenvalue weighted by molar-refractivity contribution is 0.355. The number of nitrogens with zero attached hydrogens (tertiary/aromatic N) is 3. The third-order valence-electron chi connectivity index (χ3n) is 5.50. The van der Waals surface area contributed by atoms with Gasteiger partial charge in [0.2, 0.25) is 0 Å². The van der Waals surface area contributed by atoms with Crippen LogP contribution in [0.15, 0.2) is 18.2 Å². The molecule has 4 rings (SSSR count). The van der Waals surface area contributed by atoms with E-state index < -0.39 is 0 Å². The van der Waals surface area contributed by atoms with Crippen LogP contribution in [-0.2, 0) is 6.42 Å². The maximum atomic E-state index is 6.02. The number of hydrogen-bond acceptors (Lipinski definition) is 6. The normalized spacial score (nSPS) is 16.8. The molecule has 2 aliphatic heterocycles. The second kappa shape index (κ2) is 7.80. The monoisotopic (exact) mass is 379 g/mol. The number of aryl methyl sites for hydroxylation is 1. The molecule has 0 spiro atoms. The van der Waals surface area contributed by atoms with Crippen LogP contribution >= 0.6 is 0 Å². The summed E-state index contributed by atoms with van der Waals surface area (Å²) in [7, 11) is 4.10. The summed E-state index contributed by atoms with van der Waals surface area (Å²) in [6, 6.07) is 4.04. The Balaban J connectivity index is 1.76. The fourth-order valence-electron chi connectivity index (χ4n) is 4.01. The van der Waals surface area contributed by atoms with Crippen molar-refractivity contribution in [2.75, 3.05) is 44.4 Å². The second-order valence-corrected chi connectivity index (χ2v) is 7.69. The van der Waals surface area contributed by atoms with Crippen LogP contribution in [0, 0.1) is 13.8 Å². The van der Waals surface area contributed by atoms with Crippen molar-refractivity contribution >= 4 is 22.9 Å². The molecule has 6 nitrogen and oxygen atoms in total. The van der Waals surface area contributed by atoms with Crippen molar-refractivity contribution in [3.05, 3.63) is 40.7 Å². The number of fused-ring (bicyclic) bond motifs is 1. The van der Waals surface area contributed by atoms with Gasteiger partial charge >= 0.3 is 0 Å². The Morgan fingerprint density at radius 1 is 1.14 bits per heavy atom. The predicted molar refractivity (Wildman–Crippen MR) is 115 cm³/mol. The Hall–Kier alpha value is -2.60. The molecule has 2 aromatic heterocycles. The average Bonchev–Trinajstić information content (AvgIpc) is 3.02. The second-order valence-electron chi connectivity index (χ2n) is 7.69. The molecule has 0 fully saturated rings. The maximum Gasteiger partial charge on any atom is 0.148 e. The van der Waals surface area contributed by atoms with Crippen molar-refractivity contribution in [3.63, 3.8) is 0 Å². The number of aromatic nitrogens is 2. The van der Waals surface area contributed by atoms with Crippen LogP contribution in [-0.4, -0.2) is 48.7 Å². The fourth-order valence-corrected chi connectivity index (χ4v) is 4.01. The van der Waals surface area contributed by atoms with Crippen LogP contribution in [0.2, 0.25) is 0 Å². The molecule has 0 saturated carbocycles.